The van der Waals surface area contributed by atoms with Crippen LogP contribution in [0, 0.1) is 0 Å². The molecule has 0 saturated heterocycles. The molecule has 0 N–H and O–H groups in total. The minimum absolute atomic E-state index is 0.642. The summed E-state index contributed by atoms with van der Waals surface area (Å²) in [5.41, 5.74) is 3.43. The molecule has 0 atom stereocenters. The number of aldehydes is 1. The molecule has 82 valence electrons. The standard InChI is InChI=1S/C13H8N2OS/c16-6-9-1-2-12-11(5-9)13(15-8-14-12)10-3-4-17-7-10/h1-8H. The van der Waals surface area contributed by atoms with Gasteiger partial charge in [0, 0.05) is 21.9 Å². The molecular weight excluding hydrogens is 232 g/mol. The van der Waals surface area contributed by atoms with Crippen LogP contribution in [-0.2, 0) is 0 Å². The third kappa shape index (κ3) is 1.72. The molecule has 0 aliphatic rings. The quantitative estimate of drug-likeness (QED) is 0.646. The summed E-state index contributed by atoms with van der Waals surface area (Å²) in [6, 6.07) is 7.45. The van der Waals surface area contributed by atoms with Crippen LogP contribution in [0.4, 0.5) is 0 Å². The summed E-state index contributed by atoms with van der Waals surface area (Å²) in [6.45, 7) is 0. The number of nitrogens with zero attached hydrogens (tertiary/aromatic N) is 2. The normalized spacial score (nSPS) is 10.6. The molecule has 0 spiro atoms. The summed E-state index contributed by atoms with van der Waals surface area (Å²) in [5, 5.41) is 4.96. The molecule has 2 aromatic heterocycles. The second kappa shape index (κ2) is 4.07. The third-order valence-corrected chi connectivity index (χ3v) is 3.27. The van der Waals surface area contributed by atoms with Crippen LogP contribution in [0.1, 0.15) is 10.4 Å². The molecule has 0 aliphatic heterocycles. The molecule has 0 unspecified atom stereocenters. The predicted molar refractivity (Wildman–Crippen MR) is 68.2 cm³/mol. The fourth-order valence-electron chi connectivity index (χ4n) is 1.78. The van der Waals surface area contributed by atoms with Gasteiger partial charge >= 0.3 is 0 Å². The lowest BCUT2D eigenvalue weighted by Gasteiger charge is -2.03. The number of hydrogen-bond donors (Lipinski definition) is 0. The molecule has 1 aromatic carbocycles. The fourth-order valence-corrected chi connectivity index (χ4v) is 2.42. The molecule has 3 rings (SSSR count). The monoisotopic (exact) mass is 240 g/mol. The minimum Gasteiger partial charge on any atom is -0.298 e. The van der Waals surface area contributed by atoms with Gasteiger partial charge in [-0.2, -0.15) is 11.3 Å². The van der Waals surface area contributed by atoms with Crippen LogP contribution >= 0.6 is 11.3 Å². The first-order chi connectivity index (χ1) is 8.38. The van der Waals surface area contributed by atoms with Gasteiger partial charge in [0.2, 0.25) is 0 Å². The van der Waals surface area contributed by atoms with Crippen molar-refractivity contribution in [3.05, 3.63) is 46.9 Å². The molecule has 4 heteroatoms. The van der Waals surface area contributed by atoms with Gasteiger partial charge < -0.3 is 0 Å². The van der Waals surface area contributed by atoms with Gasteiger partial charge in [0.15, 0.2) is 0 Å². The molecule has 0 saturated carbocycles. The van der Waals surface area contributed by atoms with Gasteiger partial charge in [-0.3, -0.25) is 4.79 Å². The van der Waals surface area contributed by atoms with Crippen molar-refractivity contribution in [3.8, 4) is 11.3 Å². The zero-order valence-electron chi connectivity index (χ0n) is 8.83. The number of carbonyl (C=O) groups excluding carboxylic acids is 1. The Morgan fingerprint density at radius 1 is 1.18 bits per heavy atom. The molecular formula is C13H8N2OS. The Kier molecular flexibility index (Phi) is 2.42. The maximum atomic E-state index is 10.8. The first-order valence-electron chi connectivity index (χ1n) is 5.11. The van der Waals surface area contributed by atoms with Crippen molar-refractivity contribution in [3.63, 3.8) is 0 Å². The highest BCUT2D eigenvalue weighted by atomic mass is 32.1. The van der Waals surface area contributed by atoms with Crippen LogP contribution in [0.2, 0.25) is 0 Å². The van der Waals surface area contributed by atoms with Crippen molar-refractivity contribution in [1.82, 2.24) is 9.97 Å². The van der Waals surface area contributed by atoms with Gasteiger partial charge in [-0.1, -0.05) is 0 Å². The van der Waals surface area contributed by atoms with Crippen LogP contribution in [0.15, 0.2) is 41.4 Å². The van der Waals surface area contributed by atoms with Crippen LogP contribution < -0.4 is 0 Å². The average molecular weight is 240 g/mol. The van der Waals surface area contributed by atoms with E-state index < -0.39 is 0 Å². The zero-order chi connectivity index (χ0) is 11.7. The van der Waals surface area contributed by atoms with Crippen molar-refractivity contribution in [2.45, 2.75) is 0 Å². The van der Waals surface area contributed by atoms with Gasteiger partial charge in [0.25, 0.3) is 0 Å². The minimum atomic E-state index is 0.642. The van der Waals surface area contributed by atoms with E-state index in [1.807, 2.05) is 29.0 Å². The van der Waals surface area contributed by atoms with E-state index in [9.17, 15) is 4.79 Å². The summed E-state index contributed by atoms with van der Waals surface area (Å²) >= 11 is 1.62. The topological polar surface area (TPSA) is 42.9 Å². The Labute approximate surface area is 102 Å². The van der Waals surface area contributed by atoms with E-state index in [4.69, 9.17) is 0 Å². The molecule has 0 amide bonds. The van der Waals surface area contributed by atoms with Gasteiger partial charge in [-0.15, -0.1) is 0 Å². The number of thiophene rings is 1. The van der Waals surface area contributed by atoms with Crippen molar-refractivity contribution in [2.24, 2.45) is 0 Å². The molecule has 2 heterocycles. The molecule has 17 heavy (non-hydrogen) atoms. The second-order valence-electron chi connectivity index (χ2n) is 3.63. The van der Waals surface area contributed by atoms with Crippen LogP contribution in [0.25, 0.3) is 22.2 Å². The van der Waals surface area contributed by atoms with Crippen molar-refractivity contribution in [1.29, 1.82) is 0 Å². The third-order valence-electron chi connectivity index (χ3n) is 2.59. The van der Waals surface area contributed by atoms with E-state index in [2.05, 4.69) is 9.97 Å². The highest BCUT2D eigenvalue weighted by molar-refractivity contribution is 7.08. The van der Waals surface area contributed by atoms with Gasteiger partial charge in [0.1, 0.15) is 12.6 Å². The van der Waals surface area contributed by atoms with E-state index in [0.29, 0.717) is 5.56 Å². The van der Waals surface area contributed by atoms with Crippen LogP contribution in [0.5, 0.6) is 0 Å². The molecule has 3 nitrogen and oxygen atoms in total. The Morgan fingerprint density at radius 3 is 2.88 bits per heavy atom. The zero-order valence-corrected chi connectivity index (χ0v) is 9.65. The smallest absolute Gasteiger partial charge is 0.150 e. The van der Waals surface area contributed by atoms with E-state index in [-0.39, 0.29) is 0 Å². The number of fused-ring (bicyclic) bond motifs is 1. The summed E-state index contributed by atoms with van der Waals surface area (Å²) in [4.78, 5) is 19.3. The van der Waals surface area contributed by atoms with E-state index >= 15 is 0 Å². The van der Waals surface area contributed by atoms with Crippen molar-refractivity contribution >= 4 is 28.5 Å². The largest absolute Gasteiger partial charge is 0.298 e. The Morgan fingerprint density at radius 2 is 2.12 bits per heavy atom. The van der Waals surface area contributed by atoms with E-state index in [0.717, 1.165) is 28.4 Å². The number of aromatic nitrogens is 2. The summed E-state index contributed by atoms with van der Waals surface area (Å²) in [6.07, 6.45) is 2.39. The van der Waals surface area contributed by atoms with Gasteiger partial charge in [0.05, 0.1) is 11.2 Å². The van der Waals surface area contributed by atoms with Crippen LogP contribution in [-0.4, -0.2) is 16.3 Å². The lowest BCUT2D eigenvalue weighted by Crippen LogP contribution is -1.89. The maximum absolute atomic E-state index is 10.8. The van der Waals surface area contributed by atoms with Crippen molar-refractivity contribution < 1.29 is 4.79 Å². The highest BCUT2D eigenvalue weighted by Gasteiger charge is 2.07. The molecule has 0 aliphatic carbocycles. The summed E-state index contributed by atoms with van der Waals surface area (Å²) in [5.74, 6) is 0. The maximum Gasteiger partial charge on any atom is 0.150 e. The predicted octanol–water partition coefficient (Wildman–Crippen LogP) is 3.17. The molecule has 3 aromatic rings. The number of hydrogen-bond acceptors (Lipinski definition) is 4. The number of carbonyl (C=O) groups is 1. The first kappa shape index (κ1) is 10.1. The number of rotatable bonds is 2. The first-order valence-corrected chi connectivity index (χ1v) is 6.05. The molecule has 0 fully saturated rings. The Hall–Kier alpha value is -2.07. The lowest BCUT2D eigenvalue weighted by atomic mass is 10.1. The Bertz CT molecular complexity index is 677. The summed E-state index contributed by atoms with van der Waals surface area (Å²) < 4.78 is 0. The molecule has 0 bridgehead atoms. The lowest BCUT2D eigenvalue weighted by molar-refractivity contribution is 0.112. The second-order valence-corrected chi connectivity index (χ2v) is 4.41. The Balaban J connectivity index is 2.34. The average Bonchev–Trinajstić information content (AvgIpc) is 2.91. The van der Waals surface area contributed by atoms with E-state index in [1.165, 1.54) is 0 Å². The van der Waals surface area contributed by atoms with Crippen LogP contribution in [0.3, 0.4) is 0 Å². The van der Waals surface area contributed by atoms with Crippen molar-refractivity contribution in [2.75, 3.05) is 0 Å². The van der Waals surface area contributed by atoms with Gasteiger partial charge in [-0.05, 0) is 29.6 Å². The highest BCUT2D eigenvalue weighted by Crippen LogP contribution is 2.27. The summed E-state index contributed by atoms with van der Waals surface area (Å²) in [7, 11) is 0. The SMILES string of the molecule is O=Cc1ccc2ncnc(-c3ccsc3)c2c1. The molecule has 0 radical (unpaired) electrons. The number of benzene rings is 1. The van der Waals surface area contributed by atoms with Gasteiger partial charge in [-0.25, -0.2) is 9.97 Å². The fraction of sp³-hybridized carbons (Fsp3) is 0. The van der Waals surface area contributed by atoms with E-state index in [1.54, 1.807) is 23.7 Å².